The van der Waals surface area contributed by atoms with Crippen molar-refractivity contribution in [2.45, 2.75) is 6.92 Å². The quantitative estimate of drug-likeness (QED) is 0.522. The van der Waals surface area contributed by atoms with Gasteiger partial charge < -0.3 is 0 Å². The molecule has 0 aliphatic carbocycles. The van der Waals surface area contributed by atoms with Crippen molar-refractivity contribution in [3.63, 3.8) is 0 Å². The molecule has 0 unspecified atom stereocenters. The fourth-order valence-electron chi connectivity index (χ4n) is 3.23. The Balaban J connectivity index is 2.09. The summed E-state index contributed by atoms with van der Waals surface area (Å²) in [6, 6.07) is 18.8. The molecule has 116 valence electrons. The van der Waals surface area contributed by atoms with Gasteiger partial charge in [0.05, 0.1) is 10.9 Å². The highest BCUT2D eigenvalue weighted by Gasteiger charge is 2.21. The van der Waals surface area contributed by atoms with Gasteiger partial charge in [0.2, 0.25) is 5.69 Å². The van der Waals surface area contributed by atoms with E-state index in [2.05, 4.69) is 83.2 Å². The van der Waals surface area contributed by atoms with Crippen LogP contribution in [0.4, 0.5) is 0 Å². The molecular weight excluding hydrogens is 294 g/mol. The number of benzene rings is 2. The lowest BCUT2D eigenvalue weighted by Crippen LogP contribution is -2.31. The van der Waals surface area contributed by atoms with E-state index in [1.54, 1.807) is 12.4 Å². The van der Waals surface area contributed by atoms with Crippen molar-refractivity contribution in [2.75, 3.05) is 0 Å². The zero-order chi connectivity index (χ0) is 16.5. The van der Waals surface area contributed by atoms with Gasteiger partial charge in [0, 0.05) is 23.3 Å². The number of aromatic nitrogens is 3. The van der Waals surface area contributed by atoms with Gasteiger partial charge in [-0.25, -0.2) is 9.97 Å². The Hall–Kier alpha value is -3.07. The van der Waals surface area contributed by atoms with E-state index in [1.165, 1.54) is 27.6 Å². The molecule has 0 radical (unpaired) electrons. The Bertz CT molecular complexity index is 1020. The fraction of sp³-hybridized carbons (Fsp3) is 0.0952. The average molecular weight is 312 g/mol. The summed E-state index contributed by atoms with van der Waals surface area (Å²) in [5.74, 6) is 0.751. The molecule has 3 heteroatoms. The first-order valence-corrected chi connectivity index (χ1v) is 8.00. The lowest BCUT2D eigenvalue weighted by molar-refractivity contribution is -0.658. The van der Waals surface area contributed by atoms with Gasteiger partial charge in [-0.05, 0) is 30.7 Å². The number of hydrogen-bond acceptors (Lipinski definition) is 2. The van der Waals surface area contributed by atoms with Crippen molar-refractivity contribution in [1.82, 2.24) is 9.97 Å². The summed E-state index contributed by atoms with van der Waals surface area (Å²) in [5, 5.41) is 2.37. The van der Waals surface area contributed by atoms with Crippen LogP contribution in [0.25, 0.3) is 33.4 Å². The molecule has 0 fully saturated rings. The molecule has 0 atom stereocenters. The SMILES string of the molecule is Cc1ccccc1-c1c2ccccc2c(-c2ncccn2)c[n+]1C. The van der Waals surface area contributed by atoms with Crippen LogP contribution in [-0.4, -0.2) is 9.97 Å². The first kappa shape index (κ1) is 14.5. The van der Waals surface area contributed by atoms with E-state index in [0.717, 1.165) is 11.4 Å². The highest BCUT2D eigenvalue weighted by molar-refractivity contribution is 6.01. The first-order valence-electron chi connectivity index (χ1n) is 8.00. The Morgan fingerprint density at radius 2 is 1.42 bits per heavy atom. The van der Waals surface area contributed by atoms with Gasteiger partial charge in [-0.1, -0.05) is 36.4 Å². The molecule has 2 heterocycles. The number of fused-ring (bicyclic) bond motifs is 1. The normalized spacial score (nSPS) is 10.9. The monoisotopic (exact) mass is 312 g/mol. The second-order valence-electron chi connectivity index (χ2n) is 5.94. The van der Waals surface area contributed by atoms with Gasteiger partial charge in [-0.15, -0.1) is 0 Å². The van der Waals surface area contributed by atoms with Crippen LogP contribution < -0.4 is 4.57 Å². The van der Waals surface area contributed by atoms with Gasteiger partial charge in [0.15, 0.2) is 12.0 Å². The topological polar surface area (TPSA) is 29.7 Å². The molecule has 0 amide bonds. The molecule has 0 aliphatic heterocycles. The average Bonchev–Trinajstić information content (AvgIpc) is 2.63. The van der Waals surface area contributed by atoms with E-state index in [4.69, 9.17) is 0 Å². The molecule has 0 N–H and O–H groups in total. The summed E-state index contributed by atoms with van der Waals surface area (Å²) >= 11 is 0. The Morgan fingerprint density at radius 3 is 2.17 bits per heavy atom. The second kappa shape index (κ2) is 5.85. The fourth-order valence-corrected chi connectivity index (χ4v) is 3.23. The maximum atomic E-state index is 4.44. The van der Waals surface area contributed by atoms with Crippen molar-refractivity contribution in [2.24, 2.45) is 7.05 Å². The molecule has 2 aromatic heterocycles. The van der Waals surface area contributed by atoms with Crippen LogP contribution in [0.15, 0.2) is 73.2 Å². The van der Waals surface area contributed by atoms with Crippen LogP contribution >= 0.6 is 0 Å². The van der Waals surface area contributed by atoms with Crippen LogP contribution in [0.2, 0.25) is 0 Å². The van der Waals surface area contributed by atoms with Gasteiger partial charge in [-0.3, -0.25) is 0 Å². The second-order valence-corrected chi connectivity index (χ2v) is 5.94. The molecule has 2 aromatic carbocycles. The van der Waals surface area contributed by atoms with Gasteiger partial charge in [-0.2, -0.15) is 4.57 Å². The van der Waals surface area contributed by atoms with Crippen LogP contribution in [0, 0.1) is 6.92 Å². The molecule has 0 bridgehead atoms. The van der Waals surface area contributed by atoms with Crippen molar-refractivity contribution >= 4 is 10.8 Å². The predicted molar refractivity (Wildman–Crippen MR) is 96.3 cm³/mol. The lowest BCUT2D eigenvalue weighted by atomic mass is 9.97. The number of pyridine rings is 1. The number of aryl methyl sites for hydroxylation is 2. The highest BCUT2D eigenvalue weighted by atomic mass is 14.9. The van der Waals surface area contributed by atoms with E-state index >= 15 is 0 Å². The summed E-state index contributed by atoms with van der Waals surface area (Å²) in [4.78, 5) is 8.87. The standard InChI is InChI=1S/C21H18N3/c1-15-8-3-4-9-16(15)20-18-11-6-5-10-17(18)19(14-24(20)2)21-22-12-7-13-23-21/h3-14H,1-2H3/q+1. The third-order valence-corrected chi connectivity index (χ3v) is 4.35. The maximum absolute atomic E-state index is 4.44. The maximum Gasteiger partial charge on any atom is 0.220 e. The highest BCUT2D eigenvalue weighted by Crippen LogP contribution is 2.32. The molecular formula is C21H18N3+. The smallest absolute Gasteiger partial charge is 0.220 e. The minimum absolute atomic E-state index is 0.751. The molecule has 0 saturated carbocycles. The molecule has 3 nitrogen and oxygen atoms in total. The Kier molecular flexibility index (Phi) is 3.54. The Morgan fingerprint density at radius 1 is 0.750 bits per heavy atom. The number of nitrogens with zero attached hydrogens (tertiary/aromatic N) is 3. The summed E-state index contributed by atoms with van der Waals surface area (Å²) < 4.78 is 2.18. The van der Waals surface area contributed by atoms with Crippen molar-refractivity contribution in [3.05, 3.63) is 78.8 Å². The number of hydrogen-bond donors (Lipinski definition) is 0. The Labute approximate surface area is 141 Å². The van der Waals surface area contributed by atoms with Crippen LogP contribution in [0.5, 0.6) is 0 Å². The van der Waals surface area contributed by atoms with E-state index in [0.29, 0.717) is 0 Å². The summed E-state index contributed by atoms with van der Waals surface area (Å²) in [6.45, 7) is 2.15. The number of rotatable bonds is 2. The predicted octanol–water partition coefficient (Wildman–Crippen LogP) is 4.10. The summed E-state index contributed by atoms with van der Waals surface area (Å²) in [7, 11) is 2.08. The zero-order valence-electron chi connectivity index (χ0n) is 13.8. The van der Waals surface area contributed by atoms with Crippen molar-refractivity contribution in [3.8, 4) is 22.6 Å². The van der Waals surface area contributed by atoms with E-state index in [9.17, 15) is 0 Å². The first-order chi connectivity index (χ1) is 11.8. The third kappa shape index (κ3) is 2.35. The molecule has 0 aliphatic rings. The zero-order valence-corrected chi connectivity index (χ0v) is 13.8. The molecule has 0 spiro atoms. The van der Waals surface area contributed by atoms with Gasteiger partial charge in [0.25, 0.3) is 0 Å². The summed E-state index contributed by atoms with van der Waals surface area (Å²) in [5.41, 5.74) is 4.77. The third-order valence-electron chi connectivity index (χ3n) is 4.35. The van der Waals surface area contributed by atoms with Crippen molar-refractivity contribution < 1.29 is 4.57 Å². The molecule has 4 rings (SSSR count). The summed E-state index contributed by atoms with van der Waals surface area (Å²) in [6.07, 6.45) is 5.69. The van der Waals surface area contributed by atoms with Gasteiger partial charge >= 0.3 is 0 Å². The van der Waals surface area contributed by atoms with Gasteiger partial charge in [0.1, 0.15) is 7.05 Å². The largest absolute Gasteiger partial charge is 0.236 e. The van der Waals surface area contributed by atoms with E-state index < -0.39 is 0 Å². The lowest BCUT2D eigenvalue weighted by Gasteiger charge is -2.10. The van der Waals surface area contributed by atoms with E-state index in [1.807, 2.05) is 6.07 Å². The van der Waals surface area contributed by atoms with E-state index in [-0.39, 0.29) is 0 Å². The molecule has 0 saturated heterocycles. The molecule has 24 heavy (non-hydrogen) atoms. The van der Waals surface area contributed by atoms with Crippen molar-refractivity contribution in [1.29, 1.82) is 0 Å². The van der Waals surface area contributed by atoms with Crippen LogP contribution in [-0.2, 0) is 7.05 Å². The minimum Gasteiger partial charge on any atom is -0.236 e. The minimum atomic E-state index is 0.751. The van der Waals surface area contributed by atoms with Crippen LogP contribution in [0.1, 0.15) is 5.56 Å². The molecule has 4 aromatic rings. The van der Waals surface area contributed by atoms with Crippen LogP contribution in [0.3, 0.4) is 0 Å².